The Bertz CT molecular complexity index is 453. The molecule has 1 aromatic rings. The van der Waals surface area contributed by atoms with E-state index in [1.54, 1.807) is 0 Å². The normalized spacial score (nSPS) is 23.2. The van der Waals surface area contributed by atoms with Crippen molar-refractivity contribution in [3.8, 4) is 0 Å². The van der Waals surface area contributed by atoms with Crippen molar-refractivity contribution in [2.45, 2.75) is 50.1 Å². The van der Waals surface area contributed by atoms with E-state index in [-0.39, 0.29) is 24.1 Å². The van der Waals surface area contributed by atoms with Gasteiger partial charge in [-0.1, -0.05) is 30.3 Å². The Labute approximate surface area is 114 Å². The lowest BCUT2D eigenvalue weighted by molar-refractivity contribution is -0.155. The first-order valence-corrected chi connectivity index (χ1v) is 7.25. The molecule has 3 heteroatoms. The zero-order valence-electron chi connectivity index (χ0n) is 11.2. The van der Waals surface area contributed by atoms with Gasteiger partial charge in [0.2, 0.25) is 5.91 Å². The quantitative estimate of drug-likeness (QED) is 0.906. The van der Waals surface area contributed by atoms with Crippen molar-refractivity contribution >= 4 is 5.91 Å². The smallest absolute Gasteiger partial charge is 0.223 e. The van der Waals surface area contributed by atoms with Crippen molar-refractivity contribution in [3.63, 3.8) is 0 Å². The highest BCUT2D eigenvalue weighted by Crippen LogP contribution is 2.48. The van der Waals surface area contributed by atoms with Crippen LogP contribution in [0.4, 0.5) is 0 Å². The third-order valence-corrected chi connectivity index (χ3v) is 4.77. The molecule has 1 saturated heterocycles. The molecule has 1 atom stereocenters. The van der Waals surface area contributed by atoms with E-state index in [0.717, 1.165) is 31.2 Å². The van der Waals surface area contributed by atoms with Crippen molar-refractivity contribution in [2.24, 2.45) is 0 Å². The Morgan fingerprint density at radius 1 is 1.16 bits per heavy atom. The second-order valence-electron chi connectivity index (χ2n) is 5.80. The van der Waals surface area contributed by atoms with Crippen LogP contribution < -0.4 is 0 Å². The molecule has 3 rings (SSSR count). The summed E-state index contributed by atoms with van der Waals surface area (Å²) in [6.07, 6.45) is 6.14. The summed E-state index contributed by atoms with van der Waals surface area (Å²) in [5.41, 5.74) is 1.09. The van der Waals surface area contributed by atoms with Gasteiger partial charge in [0.15, 0.2) is 0 Å². The van der Waals surface area contributed by atoms with Crippen LogP contribution in [0, 0.1) is 0 Å². The number of hydrogen-bond acceptors (Lipinski definition) is 2. The fourth-order valence-electron chi connectivity index (χ4n) is 3.67. The number of carbonyl (C=O) groups is 1. The van der Waals surface area contributed by atoms with E-state index in [0.29, 0.717) is 6.42 Å². The van der Waals surface area contributed by atoms with Gasteiger partial charge in [-0.3, -0.25) is 4.79 Å². The maximum Gasteiger partial charge on any atom is 0.223 e. The summed E-state index contributed by atoms with van der Waals surface area (Å²) in [6.45, 7) is 0.0114. The molecule has 1 saturated carbocycles. The molecule has 0 radical (unpaired) electrons. The molecule has 19 heavy (non-hydrogen) atoms. The summed E-state index contributed by atoms with van der Waals surface area (Å²) < 4.78 is 0. The van der Waals surface area contributed by atoms with E-state index >= 15 is 0 Å². The fraction of sp³-hybridized carbons (Fsp3) is 0.562. The maximum absolute atomic E-state index is 12.4. The number of aliphatic hydroxyl groups excluding tert-OH is 1. The highest BCUT2D eigenvalue weighted by molar-refractivity contribution is 5.78. The molecular weight excluding hydrogens is 238 g/mol. The number of amides is 1. The maximum atomic E-state index is 12.4. The summed E-state index contributed by atoms with van der Waals surface area (Å²) in [5, 5.41) is 9.81. The Hall–Kier alpha value is -1.35. The predicted octanol–water partition coefficient (Wildman–Crippen LogP) is 2.66. The average molecular weight is 259 g/mol. The van der Waals surface area contributed by atoms with Crippen LogP contribution in [0.15, 0.2) is 30.3 Å². The molecule has 0 aromatic heterocycles. The zero-order valence-corrected chi connectivity index (χ0v) is 11.2. The first-order chi connectivity index (χ1) is 9.27. The number of aliphatic hydroxyl groups is 1. The highest BCUT2D eigenvalue weighted by Gasteiger charge is 2.49. The molecule has 0 bridgehead atoms. The number of piperidine rings is 1. The van der Waals surface area contributed by atoms with Gasteiger partial charge in [-0.2, -0.15) is 0 Å². The Morgan fingerprint density at radius 3 is 2.42 bits per heavy atom. The number of hydrogen-bond donors (Lipinski definition) is 1. The van der Waals surface area contributed by atoms with Crippen LogP contribution in [0.2, 0.25) is 0 Å². The van der Waals surface area contributed by atoms with Crippen LogP contribution in [0.1, 0.15) is 50.1 Å². The van der Waals surface area contributed by atoms with Gasteiger partial charge in [-0.25, -0.2) is 0 Å². The van der Waals surface area contributed by atoms with E-state index in [1.807, 2.05) is 35.2 Å². The lowest BCUT2D eigenvalue weighted by atomic mass is 9.69. The lowest BCUT2D eigenvalue weighted by Gasteiger charge is -2.55. The van der Waals surface area contributed by atoms with Gasteiger partial charge < -0.3 is 10.0 Å². The second kappa shape index (κ2) is 4.97. The Morgan fingerprint density at radius 2 is 1.84 bits per heavy atom. The Balaban J connectivity index is 1.94. The zero-order chi connectivity index (χ0) is 13.3. The van der Waals surface area contributed by atoms with Crippen molar-refractivity contribution in [2.75, 3.05) is 6.61 Å². The molecule has 1 aromatic carbocycles. The first-order valence-electron chi connectivity index (χ1n) is 7.25. The number of carbonyl (C=O) groups excluding carboxylic acids is 1. The van der Waals surface area contributed by atoms with Gasteiger partial charge in [0.1, 0.15) is 0 Å². The number of nitrogens with zero attached hydrogens (tertiary/aromatic N) is 1. The summed E-state index contributed by atoms with van der Waals surface area (Å²) in [5.74, 6) is 0.217. The topological polar surface area (TPSA) is 40.5 Å². The van der Waals surface area contributed by atoms with Crippen LogP contribution in [0.3, 0.4) is 0 Å². The molecule has 1 aliphatic carbocycles. The van der Waals surface area contributed by atoms with E-state index < -0.39 is 0 Å². The standard InChI is InChI=1S/C16H21NO2/c18-12-14(13-6-2-1-3-7-13)17-15(19)8-4-9-16(17)10-5-11-16/h1-3,6-7,14,18H,4-5,8-12H2/t14-/m0/s1. The number of rotatable bonds is 3. The van der Waals surface area contributed by atoms with Crippen molar-refractivity contribution in [1.82, 2.24) is 4.90 Å². The van der Waals surface area contributed by atoms with E-state index in [4.69, 9.17) is 0 Å². The molecule has 0 unspecified atom stereocenters. The number of benzene rings is 1. The van der Waals surface area contributed by atoms with E-state index in [1.165, 1.54) is 6.42 Å². The van der Waals surface area contributed by atoms with Gasteiger partial charge in [0, 0.05) is 12.0 Å². The Kier molecular flexibility index (Phi) is 3.31. The van der Waals surface area contributed by atoms with Gasteiger partial charge in [0.25, 0.3) is 0 Å². The van der Waals surface area contributed by atoms with Crippen molar-refractivity contribution in [3.05, 3.63) is 35.9 Å². The summed E-state index contributed by atoms with van der Waals surface area (Å²) in [4.78, 5) is 14.4. The monoisotopic (exact) mass is 259 g/mol. The minimum atomic E-state index is -0.172. The number of likely N-dealkylation sites (tertiary alicyclic amines) is 1. The molecule has 1 aliphatic heterocycles. The SMILES string of the molecule is O=C1CCCC2(CCC2)N1[C@@H](CO)c1ccccc1. The molecule has 1 N–H and O–H groups in total. The van der Waals surface area contributed by atoms with Crippen LogP contribution in [-0.2, 0) is 4.79 Å². The van der Waals surface area contributed by atoms with Crippen LogP contribution >= 0.6 is 0 Å². The van der Waals surface area contributed by atoms with E-state index in [9.17, 15) is 9.90 Å². The van der Waals surface area contributed by atoms with Gasteiger partial charge in [0.05, 0.1) is 12.6 Å². The summed E-state index contributed by atoms with van der Waals surface area (Å²) in [6, 6.07) is 9.76. The van der Waals surface area contributed by atoms with Gasteiger partial charge >= 0.3 is 0 Å². The van der Waals surface area contributed by atoms with Crippen molar-refractivity contribution < 1.29 is 9.90 Å². The van der Waals surface area contributed by atoms with Crippen LogP contribution in [0.5, 0.6) is 0 Å². The largest absolute Gasteiger partial charge is 0.394 e. The average Bonchev–Trinajstić information content (AvgIpc) is 2.41. The minimum absolute atomic E-state index is 0.0114. The third-order valence-electron chi connectivity index (χ3n) is 4.77. The van der Waals surface area contributed by atoms with Crippen molar-refractivity contribution in [1.29, 1.82) is 0 Å². The molecule has 1 spiro atoms. The molecule has 2 aliphatic rings. The van der Waals surface area contributed by atoms with E-state index in [2.05, 4.69) is 0 Å². The third kappa shape index (κ3) is 2.06. The van der Waals surface area contributed by atoms with Crippen LogP contribution in [-0.4, -0.2) is 28.1 Å². The molecule has 1 heterocycles. The highest BCUT2D eigenvalue weighted by atomic mass is 16.3. The summed E-state index contributed by atoms with van der Waals surface area (Å²) >= 11 is 0. The molecule has 2 fully saturated rings. The summed E-state index contributed by atoms with van der Waals surface area (Å²) in [7, 11) is 0. The van der Waals surface area contributed by atoms with Gasteiger partial charge in [-0.15, -0.1) is 0 Å². The van der Waals surface area contributed by atoms with Gasteiger partial charge in [-0.05, 0) is 37.7 Å². The minimum Gasteiger partial charge on any atom is -0.394 e. The predicted molar refractivity (Wildman–Crippen MR) is 73.5 cm³/mol. The second-order valence-corrected chi connectivity index (χ2v) is 5.80. The molecular formula is C16H21NO2. The van der Waals surface area contributed by atoms with Crippen LogP contribution in [0.25, 0.3) is 0 Å². The fourth-order valence-corrected chi connectivity index (χ4v) is 3.67. The first kappa shape index (κ1) is 12.7. The molecule has 3 nitrogen and oxygen atoms in total. The molecule has 1 amide bonds. The lowest BCUT2D eigenvalue weighted by Crippen LogP contribution is -2.60. The molecule has 102 valence electrons.